The standard InChI is InChI=1S/2C8H14O2S2.2H2O.Zn/c2*9-8(10)4-2-1-3-7-5-6-11-12-7;;;/h2*7H,1-6H2,(H,9,10);2*1H2;/q;;;;+2/p-2/t2*7-;;;/m11.../s1. The second kappa shape index (κ2) is 21.6. The summed E-state index contributed by atoms with van der Waals surface area (Å²) in [6.45, 7) is 0. The van der Waals surface area contributed by atoms with Crippen molar-refractivity contribution in [2.24, 2.45) is 0 Å². The Kier molecular flexibility index (Phi) is 26.0. The van der Waals surface area contributed by atoms with E-state index in [2.05, 4.69) is 0 Å². The number of rotatable bonds is 10. The molecule has 4 N–H and O–H groups in total. The molecule has 0 unspecified atom stereocenters. The Balaban J connectivity index is -0.000000384. The van der Waals surface area contributed by atoms with Gasteiger partial charge in [-0.05, 0) is 51.4 Å². The fourth-order valence-corrected chi connectivity index (χ4v) is 8.47. The van der Waals surface area contributed by atoms with Crippen molar-refractivity contribution < 1.29 is 50.2 Å². The molecule has 6 nitrogen and oxygen atoms in total. The van der Waals surface area contributed by atoms with Crippen LogP contribution < -0.4 is 10.2 Å². The van der Waals surface area contributed by atoms with Crippen LogP contribution in [0.3, 0.4) is 0 Å². The molecule has 0 radical (unpaired) electrons. The minimum Gasteiger partial charge on any atom is -0.550 e. The van der Waals surface area contributed by atoms with Gasteiger partial charge in [-0.25, -0.2) is 0 Å². The van der Waals surface area contributed by atoms with E-state index < -0.39 is 11.9 Å². The molecule has 2 rings (SSSR count). The molecular weight excluding hydrogens is 482 g/mol. The van der Waals surface area contributed by atoms with E-state index >= 15 is 0 Å². The zero-order valence-electron chi connectivity index (χ0n) is 15.6. The third kappa shape index (κ3) is 20.0. The summed E-state index contributed by atoms with van der Waals surface area (Å²) in [6.07, 6.45) is 9.01. The SMILES string of the molecule is O.O.O=C([O-])CCCC[C@@H]1CCSS1.O=C([O-])CCCC[C@@H]1CCSS1.[Zn+2]. The van der Waals surface area contributed by atoms with Gasteiger partial charge >= 0.3 is 19.5 Å². The van der Waals surface area contributed by atoms with Crippen LogP contribution in [0.5, 0.6) is 0 Å². The largest absolute Gasteiger partial charge is 2.00 e. The van der Waals surface area contributed by atoms with Crippen LogP contribution >= 0.6 is 43.2 Å². The van der Waals surface area contributed by atoms with Crippen LogP contribution in [0.15, 0.2) is 0 Å². The Morgan fingerprint density at radius 2 is 1.11 bits per heavy atom. The molecule has 0 saturated carbocycles. The summed E-state index contributed by atoms with van der Waals surface area (Å²) in [5, 5.41) is 21.7. The van der Waals surface area contributed by atoms with Crippen molar-refractivity contribution in [2.75, 3.05) is 11.5 Å². The van der Waals surface area contributed by atoms with Gasteiger partial charge in [0, 0.05) is 33.9 Å². The van der Waals surface area contributed by atoms with Gasteiger partial charge in [-0.2, -0.15) is 0 Å². The minimum atomic E-state index is -0.913. The van der Waals surface area contributed by atoms with E-state index in [4.69, 9.17) is 0 Å². The van der Waals surface area contributed by atoms with Crippen molar-refractivity contribution in [3.05, 3.63) is 0 Å². The van der Waals surface area contributed by atoms with Crippen LogP contribution in [0.1, 0.15) is 64.2 Å². The molecule has 2 saturated heterocycles. The molecule has 2 aliphatic rings. The molecule has 2 aliphatic heterocycles. The van der Waals surface area contributed by atoms with Gasteiger partial charge in [0.05, 0.1) is 0 Å². The van der Waals surface area contributed by atoms with Crippen molar-refractivity contribution in [2.45, 2.75) is 74.7 Å². The number of hydrogen-bond donors (Lipinski definition) is 0. The van der Waals surface area contributed by atoms with Crippen molar-refractivity contribution in [1.82, 2.24) is 0 Å². The van der Waals surface area contributed by atoms with Crippen LogP contribution in [-0.2, 0) is 29.1 Å². The number of carbonyl (C=O) groups excluding carboxylic acids is 2. The summed E-state index contributed by atoms with van der Waals surface area (Å²) in [6, 6.07) is 0. The third-order valence-corrected chi connectivity index (χ3v) is 9.78. The summed E-state index contributed by atoms with van der Waals surface area (Å²) in [4.78, 5) is 20.1. The van der Waals surface area contributed by atoms with Crippen LogP contribution in [0.4, 0.5) is 0 Å². The van der Waals surface area contributed by atoms with Crippen LogP contribution in [0.2, 0.25) is 0 Å². The van der Waals surface area contributed by atoms with Gasteiger partial charge < -0.3 is 30.8 Å². The Labute approximate surface area is 190 Å². The maximum Gasteiger partial charge on any atom is 2.00 e. The second-order valence-electron chi connectivity index (χ2n) is 5.89. The summed E-state index contributed by atoms with van der Waals surface area (Å²) >= 11 is 0. The van der Waals surface area contributed by atoms with Gasteiger partial charge in [-0.3, -0.25) is 0 Å². The van der Waals surface area contributed by atoms with E-state index in [0.29, 0.717) is 0 Å². The van der Waals surface area contributed by atoms with Crippen molar-refractivity contribution in [1.29, 1.82) is 0 Å². The van der Waals surface area contributed by atoms with Crippen molar-refractivity contribution in [3.8, 4) is 0 Å². The molecule has 0 aliphatic carbocycles. The minimum absolute atomic E-state index is 0. The third-order valence-electron chi connectivity index (χ3n) is 3.77. The quantitative estimate of drug-likeness (QED) is 0.242. The fraction of sp³-hybridized carbons (Fsp3) is 0.875. The summed E-state index contributed by atoms with van der Waals surface area (Å²) in [5.41, 5.74) is 0. The molecule has 2 fully saturated rings. The molecule has 0 aromatic heterocycles. The molecule has 0 spiro atoms. The van der Waals surface area contributed by atoms with Gasteiger partial charge in [0.1, 0.15) is 0 Å². The first kappa shape index (κ1) is 32.5. The molecule has 0 aromatic rings. The zero-order chi connectivity index (χ0) is 17.6. The molecule has 0 aromatic carbocycles. The normalized spacial score (nSPS) is 20.3. The number of carboxylic acids is 2. The van der Waals surface area contributed by atoms with E-state index in [1.165, 1.54) is 37.2 Å². The van der Waals surface area contributed by atoms with Crippen LogP contribution in [0, 0.1) is 0 Å². The molecule has 27 heavy (non-hydrogen) atoms. The van der Waals surface area contributed by atoms with E-state index in [1.54, 1.807) is 0 Å². The van der Waals surface area contributed by atoms with E-state index in [-0.39, 0.29) is 43.3 Å². The van der Waals surface area contributed by atoms with E-state index in [0.717, 1.165) is 36.2 Å². The average molecular weight is 512 g/mol. The zero-order valence-corrected chi connectivity index (χ0v) is 21.8. The van der Waals surface area contributed by atoms with E-state index in [9.17, 15) is 19.8 Å². The summed E-state index contributed by atoms with van der Waals surface area (Å²) in [5.74, 6) is 0.693. The predicted octanol–water partition coefficient (Wildman–Crippen LogP) is 1.25. The number of aliphatic carboxylic acids is 2. The molecule has 0 amide bonds. The van der Waals surface area contributed by atoms with Crippen molar-refractivity contribution >= 4 is 55.1 Å². The van der Waals surface area contributed by atoms with Gasteiger partial charge in [0.2, 0.25) is 0 Å². The van der Waals surface area contributed by atoms with Gasteiger partial charge in [-0.15, -0.1) is 0 Å². The second-order valence-corrected chi connectivity index (χ2v) is 11.5. The Morgan fingerprint density at radius 3 is 1.37 bits per heavy atom. The average Bonchev–Trinajstić information content (AvgIpc) is 3.22. The molecular formula is C16H30O6S4Zn. The maximum atomic E-state index is 10.1. The summed E-state index contributed by atoms with van der Waals surface area (Å²) in [7, 11) is 7.78. The number of unbranched alkanes of at least 4 members (excludes halogenated alkanes) is 2. The summed E-state index contributed by atoms with van der Waals surface area (Å²) < 4.78 is 0. The smallest absolute Gasteiger partial charge is 0.550 e. The Hall–Kier alpha value is 0.883. The number of hydrogen-bond acceptors (Lipinski definition) is 8. The molecule has 156 valence electrons. The maximum absolute atomic E-state index is 10.1. The van der Waals surface area contributed by atoms with Crippen LogP contribution in [-0.4, -0.2) is 44.9 Å². The topological polar surface area (TPSA) is 143 Å². The first-order valence-electron chi connectivity index (χ1n) is 8.54. The number of carbonyl (C=O) groups is 2. The van der Waals surface area contributed by atoms with Crippen LogP contribution in [0.25, 0.3) is 0 Å². The first-order valence-corrected chi connectivity index (χ1v) is 13.3. The monoisotopic (exact) mass is 510 g/mol. The predicted molar refractivity (Wildman–Crippen MR) is 111 cm³/mol. The van der Waals surface area contributed by atoms with Gasteiger partial charge in [-0.1, -0.05) is 56.0 Å². The van der Waals surface area contributed by atoms with E-state index in [1.807, 2.05) is 43.2 Å². The molecule has 2 atom stereocenters. The van der Waals surface area contributed by atoms with Gasteiger partial charge in [0.25, 0.3) is 0 Å². The fourth-order valence-electron chi connectivity index (χ4n) is 2.41. The molecule has 2 heterocycles. The van der Waals surface area contributed by atoms with Gasteiger partial charge in [0.15, 0.2) is 0 Å². The first-order chi connectivity index (χ1) is 11.6. The molecule has 0 bridgehead atoms. The Bertz CT molecular complexity index is 333. The molecule has 11 heteroatoms. The number of carboxylic acid groups (broad SMARTS) is 2. The Morgan fingerprint density at radius 1 is 0.741 bits per heavy atom. The van der Waals surface area contributed by atoms with Crippen molar-refractivity contribution in [3.63, 3.8) is 0 Å².